The number of carbonyl (C=O) groups excluding carboxylic acids is 1. The highest BCUT2D eigenvalue weighted by atomic mass is 32.2. The molecule has 120 valence electrons. The van der Waals surface area contributed by atoms with Crippen molar-refractivity contribution in [2.75, 3.05) is 22.9 Å². The predicted octanol–water partition coefficient (Wildman–Crippen LogP) is 0.831. The molecule has 1 atom stereocenters. The topological polar surface area (TPSA) is 123 Å². The number of nitrogens with zero attached hydrogens (tertiary/aromatic N) is 2. The molecule has 2 N–H and O–H groups in total. The second-order valence-electron chi connectivity index (χ2n) is 5.60. The molecule has 1 heterocycles. The molecular formula is C11H20N4O5S. The minimum absolute atomic E-state index is 0.0800. The Bertz CT molecular complexity index is 590. The van der Waals surface area contributed by atoms with Crippen LogP contribution in [0.1, 0.15) is 27.7 Å². The largest absolute Gasteiger partial charge is 0.381 e. The van der Waals surface area contributed by atoms with E-state index < -0.39 is 21.5 Å². The maximum Gasteiger partial charge on any atom is 0.236 e. The molecule has 1 amide bonds. The highest BCUT2D eigenvalue weighted by Gasteiger charge is 2.26. The SMILES string of the molecule is COC(C)CS(=O)(=O)Nc1nonc1NC(=O)C(C)(C)C. The number of sulfonamides is 1. The fourth-order valence-corrected chi connectivity index (χ4v) is 2.46. The van der Waals surface area contributed by atoms with Gasteiger partial charge in [-0.15, -0.1) is 0 Å². The molecule has 1 aromatic heterocycles. The third-order valence-corrected chi connectivity index (χ3v) is 3.92. The maximum absolute atomic E-state index is 11.9. The number of nitrogens with one attached hydrogen (secondary N) is 2. The summed E-state index contributed by atoms with van der Waals surface area (Å²) in [4.78, 5) is 11.9. The zero-order valence-corrected chi connectivity index (χ0v) is 13.4. The lowest BCUT2D eigenvalue weighted by molar-refractivity contribution is -0.123. The van der Waals surface area contributed by atoms with Crippen molar-refractivity contribution < 1.29 is 22.6 Å². The van der Waals surface area contributed by atoms with Gasteiger partial charge < -0.3 is 10.1 Å². The lowest BCUT2D eigenvalue weighted by Crippen LogP contribution is -2.29. The monoisotopic (exact) mass is 320 g/mol. The quantitative estimate of drug-likeness (QED) is 0.795. The molecule has 1 aromatic rings. The summed E-state index contributed by atoms with van der Waals surface area (Å²) in [5.74, 6) is -0.855. The Kier molecular flexibility index (Phi) is 5.29. The fourth-order valence-electron chi connectivity index (χ4n) is 1.20. The lowest BCUT2D eigenvalue weighted by Gasteiger charge is -2.16. The van der Waals surface area contributed by atoms with Crippen LogP contribution in [0.5, 0.6) is 0 Å². The Morgan fingerprint density at radius 2 is 1.90 bits per heavy atom. The molecule has 1 rings (SSSR count). The molecule has 0 saturated carbocycles. The summed E-state index contributed by atoms with van der Waals surface area (Å²) in [6, 6.07) is 0. The van der Waals surface area contributed by atoms with Gasteiger partial charge in [0.25, 0.3) is 0 Å². The standard InChI is InChI=1S/C11H20N4O5S/c1-7(19-5)6-21(17,18)15-9-8(13-20-14-9)12-10(16)11(2,3)4/h7H,6H2,1-5H3,(H,14,15)(H,12,13,16). The van der Waals surface area contributed by atoms with E-state index in [4.69, 9.17) is 4.74 Å². The van der Waals surface area contributed by atoms with Crippen LogP contribution < -0.4 is 10.0 Å². The molecule has 0 saturated heterocycles. The van der Waals surface area contributed by atoms with E-state index in [1.54, 1.807) is 27.7 Å². The Balaban J connectivity index is 2.83. The van der Waals surface area contributed by atoms with Crippen LogP contribution in [0.15, 0.2) is 4.63 Å². The van der Waals surface area contributed by atoms with E-state index in [0.29, 0.717) is 0 Å². The molecule has 0 aliphatic carbocycles. The van der Waals surface area contributed by atoms with Gasteiger partial charge in [-0.2, -0.15) is 0 Å². The first-order valence-corrected chi connectivity index (χ1v) is 7.87. The lowest BCUT2D eigenvalue weighted by atomic mass is 9.96. The number of carbonyl (C=O) groups is 1. The summed E-state index contributed by atoms with van der Waals surface area (Å²) < 4.78 is 35.3. The zero-order valence-electron chi connectivity index (χ0n) is 12.6. The molecule has 0 aliphatic rings. The van der Waals surface area contributed by atoms with Crippen LogP contribution in [0.3, 0.4) is 0 Å². The highest BCUT2D eigenvalue weighted by Crippen LogP contribution is 2.21. The molecule has 0 fully saturated rings. The normalized spacial score (nSPS) is 13.8. The van der Waals surface area contributed by atoms with Crippen LogP contribution in [-0.4, -0.2) is 43.6 Å². The van der Waals surface area contributed by atoms with Crippen molar-refractivity contribution in [2.45, 2.75) is 33.8 Å². The molecule has 10 heteroatoms. The van der Waals surface area contributed by atoms with Gasteiger partial charge in [0.1, 0.15) is 0 Å². The van der Waals surface area contributed by atoms with Crippen LogP contribution in [0, 0.1) is 5.41 Å². The second-order valence-corrected chi connectivity index (χ2v) is 7.36. The number of aromatic nitrogens is 2. The zero-order chi connectivity index (χ0) is 16.3. The Labute approximate surface area is 123 Å². The number of methoxy groups -OCH3 is 1. The van der Waals surface area contributed by atoms with Crippen molar-refractivity contribution in [3.05, 3.63) is 0 Å². The smallest absolute Gasteiger partial charge is 0.236 e. The van der Waals surface area contributed by atoms with E-state index in [2.05, 4.69) is 25.0 Å². The van der Waals surface area contributed by atoms with E-state index >= 15 is 0 Å². The van der Waals surface area contributed by atoms with Gasteiger partial charge in [0, 0.05) is 12.5 Å². The first-order valence-electron chi connectivity index (χ1n) is 6.22. The third-order valence-electron chi connectivity index (χ3n) is 2.51. The van der Waals surface area contributed by atoms with E-state index in [1.165, 1.54) is 7.11 Å². The summed E-state index contributed by atoms with van der Waals surface area (Å²) in [6.45, 7) is 6.74. The van der Waals surface area contributed by atoms with Crippen LogP contribution in [0.25, 0.3) is 0 Å². The van der Waals surface area contributed by atoms with Gasteiger partial charge in [-0.3, -0.25) is 9.52 Å². The van der Waals surface area contributed by atoms with Crippen molar-refractivity contribution in [3.63, 3.8) is 0 Å². The highest BCUT2D eigenvalue weighted by molar-refractivity contribution is 7.92. The van der Waals surface area contributed by atoms with E-state index in [-0.39, 0.29) is 23.3 Å². The number of hydrogen-bond acceptors (Lipinski definition) is 7. The van der Waals surface area contributed by atoms with Crippen LogP contribution in [-0.2, 0) is 19.6 Å². The Hall–Kier alpha value is -1.68. The Morgan fingerprint density at radius 1 is 1.33 bits per heavy atom. The summed E-state index contributed by atoms with van der Waals surface area (Å²) in [5.41, 5.74) is -0.667. The number of rotatable bonds is 6. The Morgan fingerprint density at radius 3 is 2.43 bits per heavy atom. The average molecular weight is 320 g/mol. The van der Waals surface area contributed by atoms with Crippen LogP contribution in [0.2, 0.25) is 0 Å². The van der Waals surface area contributed by atoms with Gasteiger partial charge in [0.05, 0.1) is 11.9 Å². The van der Waals surface area contributed by atoms with Gasteiger partial charge in [0.2, 0.25) is 27.6 Å². The average Bonchev–Trinajstić information content (AvgIpc) is 2.73. The van der Waals surface area contributed by atoms with Gasteiger partial charge in [-0.05, 0) is 17.2 Å². The van der Waals surface area contributed by atoms with Crippen molar-refractivity contribution >= 4 is 27.6 Å². The molecule has 21 heavy (non-hydrogen) atoms. The van der Waals surface area contributed by atoms with Gasteiger partial charge in [-0.25, -0.2) is 13.0 Å². The van der Waals surface area contributed by atoms with Crippen LogP contribution >= 0.6 is 0 Å². The summed E-state index contributed by atoms with van der Waals surface area (Å²) in [7, 11) is -2.29. The van der Waals surface area contributed by atoms with Crippen LogP contribution in [0.4, 0.5) is 11.6 Å². The van der Waals surface area contributed by atoms with E-state index in [0.717, 1.165) is 0 Å². The third kappa shape index (κ3) is 5.31. The minimum Gasteiger partial charge on any atom is -0.381 e. The number of amides is 1. The van der Waals surface area contributed by atoms with Crippen molar-refractivity contribution in [2.24, 2.45) is 5.41 Å². The molecule has 0 aliphatic heterocycles. The molecule has 0 bridgehead atoms. The molecule has 9 nitrogen and oxygen atoms in total. The van der Waals surface area contributed by atoms with Gasteiger partial charge in [0.15, 0.2) is 0 Å². The molecule has 0 aromatic carbocycles. The van der Waals surface area contributed by atoms with Crippen molar-refractivity contribution in [3.8, 4) is 0 Å². The molecule has 0 radical (unpaired) electrons. The summed E-state index contributed by atoms with van der Waals surface area (Å²) in [6.07, 6.45) is -0.491. The molecular weight excluding hydrogens is 300 g/mol. The van der Waals surface area contributed by atoms with Gasteiger partial charge in [-0.1, -0.05) is 20.8 Å². The first-order chi connectivity index (χ1) is 9.55. The molecule has 0 spiro atoms. The minimum atomic E-state index is -3.70. The summed E-state index contributed by atoms with van der Waals surface area (Å²) >= 11 is 0. The van der Waals surface area contributed by atoms with E-state index in [1.807, 2.05) is 0 Å². The fraction of sp³-hybridized carbons (Fsp3) is 0.727. The van der Waals surface area contributed by atoms with Crippen molar-refractivity contribution in [1.82, 2.24) is 10.3 Å². The number of ether oxygens (including phenoxy) is 1. The summed E-state index contributed by atoms with van der Waals surface area (Å²) in [5, 5.41) is 9.37. The molecule has 1 unspecified atom stereocenters. The predicted molar refractivity (Wildman–Crippen MR) is 76.3 cm³/mol. The first kappa shape index (κ1) is 17.4. The van der Waals surface area contributed by atoms with Crippen molar-refractivity contribution in [1.29, 1.82) is 0 Å². The number of anilines is 2. The van der Waals surface area contributed by atoms with E-state index in [9.17, 15) is 13.2 Å². The van der Waals surface area contributed by atoms with Gasteiger partial charge >= 0.3 is 0 Å². The maximum atomic E-state index is 11.9. The number of hydrogen-bond donors (Lipinski definition) is 2. The second kappa shape index (κ2) is 6.39.